The molecule has 30 heavy (non-hydrogen) atoms. The number of rotatable bonds is 5. The summed E-state index contributed by atoms with van der Waals surface area (Å²) in [5.74, 6) is 0.270. The van der Waals surface area contributed by atoms with E-state index < -0.39 is 5.97 Å². The van der Waals surface area contributed by atoms with Crippen molar-refractivity contribution in [1.29, 1.82) is 0 Å². The summed E-state index contributed by atoms with van der Waals surface area (Å²) in [6.07, 6.45) is 0. The molecule has 1 amide bonds. The number of benzene rings is 3. The van der Waals surface area contributed by atoms with Crippen LogP contribution >= 0.6 is 0 Å². The molecule has 0 saturated heterocycles. The van der Waals surface area contributed by atoms with Gasteiger partial charge >= 0.3 is 5.97 Å². The highest BCUT2D eigenvalue weighted by Crippen LogP contribution is 2.31. The molecule has 4 aromatic rings. The van der Waals surface area contributed by atoms with E-state index in [1.807, 2.05) is 18.2 Å². The van der Waals surface area contributed by atoms with Crippen molar-refractivity contribution in [2.45, 2.75) is 6.92 Å². The molecule has 1 N–H and O–H groups in total. The van der Waals surface area contributed by atoms with E-state index in [4.69, 9.17) is 9.15 Å². The van der Waals surface area contributed by atoms with Crippen LogP contribution in [0.15, 0.2) is 83.3 Å². The topological polar surface area (TPSA) is 94.3 Å². The molecule has 0 fully saturated rings. The van der Waals surface area contributed by atoms with Gasteiger partial charge in [0.1, 0.15) is 5.75 Å². The molecule has 4 rings (SSSR count). The van der Waals surface area contributed by atoms with Gasteiger partial charge in [-0.05, 0) is 48.5 Å². The van der Waals surface area contributed by atoms with Gasteiger partial charge in [-0.2, -0.15) is 0 Å². The normalized spacial score (nSPS) is 10.4. The standard InChI is InChI=1S/C23H17N3O4/c1-15(27)29-20-10-6-5-9-19(20)23-26-25-22(30-23)17-11-13-18(14-12-17)24-21(28)16-7-3-2-4-8-16/h2-14H,1H3,(H,24,28). The van der Waals surface area contributed by atoms with Gasteiger partial charge in [0, 0.05) is 23.7 Å². The first kappa shape index (κ1) is 19.1. The van der Waals surface area contributed by atoms with Crippen molar-refractivity contribution in [3.63, 3.8) is 0 Å². The largest absolute Gasteiger partial charge is 0.426 e. The lowest BCUT2D eigenvalue weighted by molar-refractivity contribution is -0.131. The van der Waals surface area contributed by atoms with Crippen LogP contribution in [0.5, 0.6) is 5.75 Å². The first-order valence-corrected chi connectivity index (χ1v) is 9.18. The van der Waals surface area contributed by atoms with E-state index in [1.54, 1.807) is 60.7 Å². The summed E-state index contributed by atoms with van der Waals surface area (Å²) in [4.78, 5) is 23.6. The fourth-order valence-corrected chi connectivity index (χ4v) is 2.82. The van der Waals surface area contributed by atoms with Crippen molar-refractivity contribution in [2.24, 2.45) is 0 Å². The fraction of sp³-hybridized carbons (Fsp3) is 0.0435. The molecule has 0 unspecified atom stereocenters. The maximum Gasteiger partial charge on any atom is 0.308 e. The molecule has 0 spiro atoms. The van der Waals surface area contributed by atoms with Crippen molar-refractivity contribution in [3.05, 3.63) is 84.4 Å². The molecule has 1 heterocycles. The molecule has 148 valence electrons. The lowest BCUT2D eigenvalue weighted by atomic mass is 10.2. The molecule has 0 atom stereocenters. The Labute approximate surface area is 172 Å². The Morgan fingerprint density at radius 3 is 2.23 bits per heavy atom. The van der Waals surface area contributed by atoms with Crippen molar-refractivity contribution in [2.75, 3.05) is 5.32 Å². The number of amides is 1. The third-order valence-electron chi connectivity index (χ3n) is 4.22. The molecule has 0 bridgehead atoms. The third kappa shape index (κ3) is 4.25. The van der Waals surface area contributed by atoms with Gasteiger partial charge in [-0.1, -0.05) is 30.3 Å². The minimum atomic E-state index is -0.435. The summed E-state index contributed by atoms with van der Waals surface area (Å²) in [5.41, 5.74) is 2.44. The van der Waals surface area contributed by atoms with Gasteiger partial charge in [0.2, 0.25) is 5.89 Å². The Hall–Kier alpha value is -4.26. The van der Waals surface area contributed by atoms with E-state index in [9.17, 15) is 9.59 Å². The lowest BCUT2D eigenvalue weighted by Gasteiger charge is -2.06. The Bertz CT molecular complexity index is 1180. The van der Waals surface area contributed by atoms with Crippen LogP contribution in [0.4, 0.5) is 5.69 Å². The molecular weight excluding hydrogens is 382 g/mol. The number of aromatic nitrogens is 2. The number of esters is 1. The van der Waals surface area contributed by atoms with E-state index in [-0.39, 0.29) is 11.8 Å². The number of carbonyl (C=O) groups is 2. The molecule has 0 radical (unpaired) electrons. The van der Waals surface area contributed by atoms with Crippen LogP contribution in [0.25, 0.3) is 22.9 Å². The highest BCUT2D eigenvalue weighted by molar-refractivity contribution is 6.04. The molecule has 0 aliphatic rings. The average Bonchev–Trinajstić information content (AvgIpc) is 3.25. The predicted molar refractivity (Wildman–Crippen MR) is 111 cm³/mol. The second kappa shape index (κ2) is 8.40. The number of nitrogens with zero attached hydrogens (tertiary/aromatic N) is 2. The van der Waals surface area contributed by atoms with E-state index in [0.29, 0.717) is 34.0 Å². The number of nitrogens with one attached hydrogen (secondary N) is 1. The van der Waals surface area contributed by atoms with Crippen LogP contribution in [0, 0.1) is 0 Å². The zero-order valence-corrected chi connectivity index (χ0v) is 16.0. The second-order valence-corrected chi connectivity index (χ2v) is 6.40. The van der Waals surface area contributed by atoms with Crippen LogP contribution < -0.4 is 10.1 Å². The third-order valence-corrected chi connectivity index (χ3v) is 4.22. The number of hydrogen-bond donors (Lipinski definition) is 1. The van der Waals surface area contributed by atoms with Gasteiger partial charge in [-0.3, -0.25) is 9.59 Å². The summed E-state index contributed by atoms with van der Waals surface area (Å²) < 4.78 is 11.0. The first-order valence-electron chi connectivity index (χ1n) is 9.18. The highest BCUT2D eigenvalue weighted by Gasteiger charge is 2.16. The van der Waals surface area contributed by atoms with Crippen molar-refractivity contribution in [1.82, 2.24) is 10.2 Å². The van der Waals surface area contributed by atoms with Crippen LogP contribution in [-0.2, 0) is 4.79 Å². The van der Waals surface area contributed by atoms with Crippen molar-refractivity contribution < 1.29 is 18.7 Å². The van der Waals surface area contributed by atoms with Crippen molar-refractivity contribution in [3.8, 4) is 28.7 Å². The zero-order chi connectivity index (χ0) is 20.9. The smallest absolute Gasteiger partial charge is 0.308 e. The molecule has 0 aliphatic heterocycles. The van der Waals surface area contributed by atoms with E-state index in [0.717, 1.165) is 0 Å². The first-order chi connectivity index (χ1) is 14.6. The van der Waals surface area contributed by atoms with Gasteiger partial charge < -0.3 is 14.5 Å². The monoisotopic (exact) mass is 399 g/mol. The van der Waals surface area contributed by atoms with Gasteiger partial charge in [-0.15, -0.1) is 10.2 Å². The van der Waals surface area contributed by atoms with Gasteiger partial charge in [0.05, 0.1) is 5.56 Å². The molecule has 3 aromatic carbocycles. The molecular formula is C23H17N3O4. The Morgan fingerprint density at radius 1 is 0.833 bits per heavy atom. The zero-order valence-electron chi connectivity index (χ0n) is 16.0. The SMILES string of the molecule is CC(=O)Oc1ccccc1-c1nnc(-c2ccc(NC(=O)c3ccccc3)cc2)o1. The van der Waals surface area contributed by atoms with E-state index in [1.165, 1.54) is 6.92 Å². The Morgan fingerprint density at radius 2 is 1.50 bits per heavy atom. The molecule has 7 heteroatoms. The number of para-hydroxylation sites is 1. The van der Waals surface area contributed by atoms with Gasteiger partial charge in [0.15, 0.2) is 0 Å². The number of hydrogen-bond acceptors (Lipinski definition) is 6. The van der Waals surface area contributed by atoms with Crippen LogP contribution in [0.1, 0.15) is 17.3 Å². The van der Waals surface area contributed by atoms with Gasteiger partial charge in [-0.25, -0.2) is 0 Å². The minimum absolute atomic E-state index is 0.189. The summed E-state index contributed by atoms with van der Waals surface area (Å²) in [5, 5.41) is 11.0. The van der Waals surface area contributed by atoms with Gasteiger partial charge in [0.25, 0.3) is 11.8 Å². The Kier molecular flexibility index (Phi) is 5.34. The molecule has 0 saturated carbocycles. The average molecular weight is 399 g/mol. The van der Waals surface area contributed by atoms with E-state index in [2.05, 4.69) is 15.5 Å². The summed E-state index contributed by atoms with van der Waals surface area (Å²) in [6, 6.07) is 23.0. The lowest BCUT2D eigenvalue weighted by Crippen LogP contribution is -2.11. The number of ether oxygens (including phenoxy) is 1. The maximum atomic E-state index is 12.2. The maximum absolute atomic E-state index is 12.2. The van der Waals surface area contributed by atoms with Crippen LogP contribution in [-0.4, -0.2) is 22.1 Å². The Balaban J connectivity index is 1.52. The van der Waals surface area contributed by atoms with E-state index >= 15 is 0 Å². The molecule has 7 nitrogen and oxygen atoms in total. The predicted octanol–water partition coefficient (Wildman–Crippen LogP) is 4.58. The van der Waals surface area contributed by atoms with Crippen molar-refractivity contribution >= 4 is 17.6 Å². The summed E-state index contributed by atoms with van der Waals surface area (Å²) >= 11 is 0. The summed E-state index contributed by atoms with van der Waals surface area (Å²) in [7, 11) is 0. The number of anilines is 1. The number of carbonyl (C=O) groups excluding carboxylic acids is 2. The minimum Gasteiger partial charge on any atom is -0.426 e. The van der Waals surface area contributed by atoms with Crippen LogP contribution in [0.3, 0.4) is 0 Å². The summed E-state index contributed by atoms with van der Waals surface area (Å²) in [6.45, 7) is 1.33. The molecule has 1 aromatic heterocycles. The van der Waals surface area contributed by atoms with Crippen LogP contribution in [0.2, 0.25) is 0 Å². The second-order valence-electron chi connectivity index (χ2n) is 6.40. The quantitative estimate of drug-likeness (QED) is 0.390. The molecule has 0 aliphatic carbocycles. The fourth-order valence-electron chi connectivity index (χ4n) is 2.82. The highest BCUT2D eigenvalue weighted by atomic mass is 16.5.